The van der Waals surface area contributed by atoms with Crippen LogP contribution in [0.3, 0.4) is 0 Å². The maximum absolute atomic E-state index is 10.4. The minimum Gasteiger partial charge on any atom is -0.481 e. The lowest BCUT2D eigenvalue weighted by Crippen LogP contribution is -2.50. The number of carboxylic acid groups (broad SMARTS) is 2. The number of hydrogen-bond donors (Lipinski definition) is 3. The quantitative estimate of drug-likeness (QED) is 0.459. The summed E-state index contributed by atoms with van der Waals surface area (Å²) in [6.45, 7) is 0.979. The Labute approximate surface area is 63.0 Å². The maximum atomic E-state index is 10.4. The van der Waals surface area contributed by atoms with Crippen LogP contribution in [0.4, 0.5) is 0 Å². The van der Waals surface area contributed by atoms with Gasteiger partial charge in [0.05, 0.1) is 0 Å². The summed E-state index contributed by atoms with van der Waals surface area (Å²) in [4.78, 5) is 20.7. The lowest BCUT2D eigenvalue weighted by atomic mass is 9.88. The smallest absolute Gasteiger partial charge is 0.318 e. The molecule has 3 N–H and O–H groups in total. The molecule has 0 unspecified atom stereocenters. The molecule has 0 aromatic carbocycles. The Morgan fingerprint density at radius 3 is 1.82 bits per heavy atom. The van der Waals surface area contributed by atoms with E-state index in [-0.39, 0.29) is 5.92 Å². The monoisotopic (exact) mass is 159 g/mol. The second-order valence-electron chi connectivity index (χ2n) is 2.57. The van der Waals surface area contributed by atoms with E-state index < -0.39 is 17.9 Å². The lowest BCUT2D eigenvalue weighted by Gasteiger charge is -2.29. The molecule has 1 aliphatic rings. The van der Waals surface area contributed by atoms with Crippen molar-refractivity contribution in [1.82, 2.24) is 5.32 Å². The van der Waals surface area contributed by atoms with Crippen LogP contribution in [-0.2, 0) is 9.59 Å². The van der Waals surface area contributed by atoms with Crippen molar-refractivity contribution in [1.29, 1.82) is 0 Å². The highest BCUT2D eigenvalue weighted by Crippen LogP contribution is 2.16. The van der Waals surface area contributed by atoms with Crippen LogP contribution in [-0.4, -0.2) is 35.2 Å². The Kier molecular flexibility index (Phi) is 2.09. The average Bonchev–Trinajstić information content (AvgIpc) is 1.75. The summed E-state index contributed by atoms with van der Waals surface area (Å²) >= 11 is 0. The number of carboxylic acids is 2. The van der Waals surface area contributed by atoms with E-state index in [4.69, 9.17) is 10.2 Å². The summed E-state index contributed by atoms with van der Waals surface area (Å²) in [7, 11) is 0. The van der Waals surface area contributed by atoms with Crippen LogP contribution in [0.5, 0.6) is 0 Å². The Bertz CT molecular complexity index is 173. The Morgan fingerprint density at radius 2 is 1.73 bits per heavy atom. The molecular formula is C6H9NO4. The van der Waals surface area contributed by atoms with Crippen LogP contribution in [0.1, 0.15) is 0 Å². The van der Waals surface area contributed by atoms with E-state index in [2.05, 4.69) is 5.32 Å². The fourth-order valence-corrected chi connectivity index (χ4v) is 1.06. The van der Waals surface area contributed by atoms with Crippen molar-refractivity contribution in [2.75, 3.05) is 13.1 Å². The van der Waals surface area contributed by atoms with Gasteiger partial charge >= 0.3 is 11.9 Å². The van der Waals surface area contributed by atoms with Crippen molar-refractivity contribution in [2.24, 2.45) is 11.8 Å². The molecule has 11 heavy (non-hydrogen) atoms. The average molecular weight is 159 g/mol. The predicted molar refractivity (Wildman–Crippen MR) is 35.1 cm³/mol. The normalized spacial score (nSPS) is 17.9. The van der Waals surface area contributed by atoms with Gasteiger partial charge < -0.3 is 15.5 Å². The summed E-state index contributed by atoms with van der Waals surface area (Å²) in [6.07, 6.45) is 0. The molecule has 1 aliphatic heterocycles. The first-order valence-corrected chi connectivity index (χ1v) is 3.29. The van der Waals surface area contributed by atoms with Crippen molar-refractivity contribution in [3.05, 3.63) is 0 Å². The first-order valence-electron chi connectivity index (χ1n) is 3.29. The van der Waals surface area contributed by atoms with Crippen LogP contribution < -0.4 is 5.32 Å². The van der Waals surface area contributed by atoms with Gasteiger partial charge in [-0.3, -0.25) is 9.59 Å². The van der Waals surface area contributed by atoms with Gasteiger partial charge in [0.1, 0.15) is 0 Å². The van der Waals surface area contributed by atoms with Crippen LogP contribution in [0, 0.1) is 11.8 Å². The minimum atomic E-state index is -1.25. The third-order valence-corrected chi connectivity index (χ3v) is 1.82. The predicted octanol–water partition coefficient (Wildman–Crippen LogP) is -1.01. The molecule has 0 atom stereocenters. The number of hydrogen-bond acceptors (Lipinski definition) is 3. The Hall–Kier alpha value is -1.10. The van der Waals surface area contributed by atoms with Crippen LogP contribution in [0.15, 0.2) is 0 Å². The van der Waals surface area contributed by atoms with Crippen molar-refractivity contribution < 1.29 is 19.8 Å². The van der Waals surface area contributed by atoms with E-state index in [1.807, 2.05) is 0 Å². The maximum Gasteiger partial charge on any atom is 0.318 e. The number of aliphatic carboxylic acids is 2. The second-order valence-corrected chi connectivity index (χ2v) is 2.57. The summed E-state index contributed by atoms with van der Waals surface area (Å²) in [5.41, 5.74) is 0. The van der Waals surface area contributed by atoms with Gasteiger partial charge in [-0.1, -0.05) is 0 Å². The zero-order chi connectivity index (χ0) is 8.43. The van der Waals surface area contributed by atoms with Gasteiger partial charge in [0, 0.05) is 19.0 Å². The third kappa shape index (κ3) is 1.48. The van der Waals surface area contributed by atoms with Crippen LogP contribution in [0.2, 0.25) is 0 Å². The van der Waals surface area contributed by atoms with Crippen molar-refractivity contribution in [3.63, 3.8) is 0 Å². The van der Waals surface area contributed by atoms with E-state index in [1.165, 1.54) is 0 Å². The highest BCUT2D eigenvalue weighted by Gasteiger charge is 2.37. The van der Waals surface area contributed by atoms with E-state index in [0.717, 1.165) is 0 Å². The number of rotatable bonds is 3. The summed E-state index contributed by atoms with van der Waals surface area (Å²) in [5, 5.41) is 19.8. The molecule has 1 saturated heterocycles. The van der Waals surface area contributed by atoms with Gasteiger partial charge in [0.25, 0.3) is 0 Å². The van der Waals surface area contributed by atoms with Crippen LogP contribution >= 0.6 is 0 Å². The summed E-state index contributed by atoms with van der Waals surface area (Å²) in [5.74, 6) is -3.98. The Balaban J connectivity index is 2.58. The highest BCUT2D eigenvalue weighted by atomic mass is 16.4. The van der Waals surface area contributed by atoms with Gasteiger partial charge in [-0.05, 0) is 0 Å². The largest absolute Gasteiger partial charge is 0.481 e. The van der Waals surface area contributed by atoms with Gasteiger partial charge in [0.15, 0.2) is 5.92 Å². The molecule has 5 heteroatoms. The van der Waals surface area contributed by atoms with E-state index in [9.17, 15) is 9.59 Å². The first kappa shape index (κ1) is 8.00. The molecule has 0 aromatic rings. The molecular weight excluding hydrogens is 150 g/mol. The zero-order valence-corrected chi connectivity index (χ0v) is 5.78. The summed E-state index contributed by atoms with van der Waals surface area (Å²) < 4.78 is 0. The molecule has 1 heterocycles. The molecule has 5 nitrogen and oxygen atoms in total. The lowest BCUT2D eigenvalue weighted by molar-refractivity contribution is -0.158. The van der Waals surface area contributed by atoms with Gasteiger partial charge in [-0.25, -0.2) is 0 Å². The molecule has 0 spiro atoms. The molecule has 0 aromatic heterocycles. The molecule has 0 amide bonds. The van der Waals surface area contributed by atoms with Crippen LogP contribution in [0.25, 0.3) is 0 Å². The SMILES string of the molecule is O=C(O)C(C(=O)O)C1CNC1. The van der Waals surface area contributed by atoms with Crippen molar-refractivity contribution >= 4 is 11.9 Å². The fourth-order valence-electron chi connectivity index (χ4n) is 1.06. The second kappa shape index (κ2) is 2.87. The highest BCUT2D eigenvalue weighted by molar-refractivity contribution is 5.93. The molecule has 0 aliphatic carbocycles. The van der Waals surface area contributed by atoms with Crippen molar-refractivity contribution in [2.45, 2.75) is 0 Å². The number of carbonyl (C=O) groups is 2. The van der Waals surface area contributed by atoms with E-state index in [1.54, 1.807) is 0 Å². The van der Waals surface area contributed by atoms with Gasteiger partial charge in [0.2, 0.25) is 0 Å². The standard InChI is InChI=1S/C6H9NO4/c8-5(9)4(6(10)11)3-1-7-2-3/h3-4,7H,1-2H2,(H,8,9)(H,10,11). The molecule has 0 saturated carbocycles. The molecule has 62 valence electrons. The molecule has 0 bridgehead atoms. The topological polar surface area (TPSA) is 86.6 Å². The van der Waals surface area contributed by atoms with E-state index >= 15 is 0 Å². The van der Waals surface area contributed by atoms with Crippen molar-refractivity contribution in [3.8, 4) is 0 Å². The Morgan fingerprint density at radius 1 is 1.27 bits per heavy atom. The fraction of sp³-hybridized carbons (Fsp3) is 0.667. The molecule has 0 radical (unpaired) electrons. The number of nitrogens with one attached hydrogen (secondary N) is 1. The zero-order valence-electron chi connectivity index (χ0n) is 5.78. The third-order valence-electron chi connectivity index (χ3n) is 1.82. The first-order chi connectivity index (χ1) is 5.13. The summed E-state index contributed by atoms with van der Waals surface area (Å²) in [6, 6.07) is 0. The molecule has 1 rings (SSSR count). The van der Waals surface area contributed by atoms with E-state index in [0.29, 0.717) is 13.1 Å². The van der Waals surface area contributed by atoms with Gasteiger partial charge in [-0.15, -0.1) is 0 Å². The van der Waals surface area contributed by atoms with Gasteiger partial charge in [-0.2, -0.15) is 0 Å². The molecule has 1 fully saturated rings. The minimum absolute atomic E-state index is 0.245.